The summed E-state index contributed by atoms with van der Waals surface area (Å²) in [6.07, 6.45) is -3.55. The molecule has 1 heterocycles. The van der Waals surface area contributed by atoms with Gasteiger partial charge in [-0.2, -0.15) is 13.2 Å². The third-order valence-electron chi connectivity index (χ3n) is 4.51. The Labute approximate surface area is 151 Å². The first-order valence-corrected chi connectivity index (χ1v) is 8.69. The third kappa shape index (κ3) is 5.45. The van der Waals surface area contributed by atoms with Crippen LogP contribution < -0.4 is 5.32 Å². The molecule has 8 heteroatoms. The quantitative estimate of drug-likeness (QED) is 0.865. The number of halogens is 3. The maximum absolute atomic E-state index is 12.6. The van der Waals surface area contributed by atoms with Crippen molar-refractivity contribution in [2.45, 2.75) is 32.5 Å². The molecule has 1 atom stereocenters. The number of piperazine rings is 1. The fourth-order valence-corrected chi connectivity index (χ4v) is 2.72. The Balaban J connectivity index is 1.85. The summed E-state index contributed by atoms with van der Waals surface area (Å²) in [7, 11) is 0. The number of nitrogens with zero attached hydrogens (tertiary/aromatic N) is 2. The lowest BCUT2D eigenvalue weighted by Crippen LogP contribution is -2.51. The fourth-order valence-electron chi connectivity index (χ4n) is 2.72. The SMILES string of the molecule is CCC(C)NC(=O)CN1CCN(C(=O)c2ccc(C(F)(F)F)cc2)CC1. The summed E-state index contributed by atoms with van der Waals surface area (Å²) in [5, 5.41) is 2.90. The second-order valence-electron chi connectivity index (χ2n) is 6.52. The molecule has 1 aliphatic heterocycles. The average molecular weight is 371 g/mol. The predicted molar refractivity (Wildman–Crippen MR) is 91.7 cm³/mol. The molecule has 5 nitrogen and oxygen atoms in total. The topological polar surface area (TPSA) is 52.7 Å². The molecule has 1 N–H and O–H groups in total. The number of hydrogen-bond acceptors (Lipinski definition) is 3. The van der Waals surface area contributed by atoms with Gasteiger partial charge in [-0.15, -0.1) is 0 Å². The maximum Gasteiger partial charge on any atom is 0.416 e. The van der Waals surface area contributed by atoms with E-state index in [1.165, 1.54) is 12.1 Å². The van der Waals surface area contributed by atoms with Crippen LogP contribution in [-0.4, -0.2) is 60.4 Å². The zero-order valence-electron chi connectivity index (χ0n) is 15.0. The number of benzene rings is 1. The highest BCUT2D eigenvalue weighted by Crippen LogP contribution is 2.29. The van der Waals surface area contributed by atoms with Crippen LogP contribution in [0.5, 0.6) is 0 Å². The van der Waals surface area contributed by atoms with Crippen molar-refractivity contribution >= 4 is 11.8 Å². The average Bonchev–Trinajstić information content (AvgIpc) is 2.61. The first-order valence-electron chi connectivity index (χ1n) is 8.69. The summed E-state index contributed by atoms with van der Waals surface area (Å²) < 4.78 is 37.8. The molecule has 1 fully saturated rings. The van der Waals surface area contributed by atoms with Crippen molar-refractivity contribution in [1.82, 2.24) is 15.1 Å². The minimum atomic E-state index is -4.41. The van der Waals surface area contributed by atoms with Crippen molar-refractivity contribution in [2.75, 3.05) is 32.7 Å². The van der Waals surface area contributed by atoms with Gasteiger partial charge in [-0.05, 0) is 37.6 Å². The zero-order valence-corrected chi connectivity index (χ0v) is 15.0. The molecule has 0 spiro atoms. The number of carbonyl (C=O) groups excluding carboxylic acids is 2. The molecule has 0 saturated carbocycles. The van der Waals surface area contributed by atoms with E-state index in [1.807, 2.05) is 18.7 Å². The summed E-state index contributed by atoms with van der Waals surface area (Å²) in [5.74, 6) is -0.329. The lowest BCUT2D eigenvalue weighted by molar-refractivity contribution is -0.137. The van der Waals surface area contributed by atoms with Crippen LogP contribution in [0.25, 0.3) is 0 Å². The van der Waals surface area contributed by atoms with Crippen LogP contribution in [-0.2, 0) is 11.0 Å². The number of hydrogen-bond donors (Lipinski definition) is 1. The normalized spacial score (nSPS) is 17.0. The predicted octanol–water partition coefficient (Wildman–Crippen LogP) is 2.38. The van der Waals surface area contributed by atoms with Gasteiger partial charge in [-0.25, -0.2) is 0 Å². The van der Waals surface area contributed by atoms with E-state index in [2.05, 4.69) is 5.32 Å². The van der Waals surface area contributed by atoms with Crippen molar-refractivity contribution in [3.05, 3.63) is 35.4 Å². The largest absolute Gasteiger partial charge is 0.416 e. The highest BCUT2D eigenvalue weighted by molar-refractivity contribution is 5.94. The molecule has 144 valence electrons. The lowest BCUT2D eigenvalue weighted by atomic mass is 10.1. The summed E-state index contributed by atoms with van der Waals surface area (Å²) >= 11 is 0. The Morgan fingerprint density at radius 2 is 1.69 bits per heavy atom. The monoisotopic (exact) mass is 371 g/mol. The molecule has 1 unspecified atom stereocenters. The minimum Gasteiger partial charge on any atom is -0.353 e. The van der Waals surface area contributed by atoms with Gasteiger partial charge in [0.05, 0.1) is 12.1 Å². The van der Waals surface area contributed by atoms with Crippen molar-refractivity contribution in [2.24, 2.45) is 0 Å². The van der Waals surface area contributed by atoms with Crippen molar-refractivity contribution < 1.29 is 22.8 Å². The van der Waals surface area contributed by atoms with Crippen LogP contribution >= 0.6 is 0 Å². The van der Waals surface area contributed by atoms with Crippen molar-refractivity contribution in [1.29, 1.82) is 0 Å². The van der Waals surface area contributed by atoms with Gasteiger partial charge in [0.2, 0.25) is 5.91 Å². The molecule has 0 bridgehead atoms. The van der Waals surface area contributed by atoms with E-state index in [0.717, 1.165) is 18.6 Å². The van der Waals surface area contributed by atoms with E-state index < -0.39 is 11.7 Å². The van der Waals surface area contributed by atoms with E-state index in [1.54, 1.807) is 4.90 Å². The van der Waals surface area contributed by atoms with E-state index in [0.29, 0.717) is 26.2 Å². The molecule has 0 aromatic heterocycles. The summed E-state index contributed by atoms with van der Waals surface area (Å²) in [5.41, 5.74) is -0.535. The first kappa shape index (κ1) is 20.2. The van der Waals surface area contributed by atoms with Crippen LogP contribution in [0.3, 0.4) is 0 Å². The van der Waals surface area contributed by atoms with Gasteiger partial charge in [-0.1, -0.05) is 6.92 Å². The maximum atomic E-state index is 12.6. The minimum absolute atomic E-state index is 0.0399. The standard InChI is InChI=1S/C18H24F3N3O2/c1-3-13(2)22-16(25)12-23-8-10-24(11-9-23)17(26)14-4-6-15(7-5-14)18(19,20)21/h4-7,13H,3,8-12H2,1-2H3,(H,22,25). The molecule has 1 aliphatic rings. The van der Waals surface area contributed by atoms with Crippen LogP contribution in [0.1, 0.15) is 36.2 Å². The van der Waals surface area contributed by atoms with Gasteiger partial charge in [0.15, 0.2) is 0 Å². The second-order valence-corrected chi connectivity index (χ2v) is 6.52. The van der Waals surface area contributed by atoms with Crippen LogP contribution in [0.4, 0.5) is 13.2 Å². The van der Waals surface area contributed by atoms with E-state index in [9.17, 15) is 22.8 Å². The smallest absolute Gasteiger partial charge is 0.353 e. The van der Waals surface area contributed by atoms with Crippen LogP contribution in [0.15, 0.2) is 24.3 Å². The molecule has 0 aliphatic carbocycles. The zero-order chi connectivity index (χ0) is 19.3. The Morgan fingerprint density at radius 3 is 2.19 bits per heavy atom. The van der Waals surface area contributed by atoms with Crippen molar-refractivity contribution in [3.8, 4) is 0 Å². The highest BCUT2D eigenvalue weighted by atomic mass is 19.4. The Morgan fingerprint density at radius 1 is 1.12 bits per heavy atom. The Hall–Kier alpha value is -2.09. The molecule has 1 saturated heterocycles. The summed E-state index contributed by atoms with van der Waals surface area (Å²) in [6.45, 7) is 6.22. The van der Waals surface area contributed by atoms with Crippen molar-refractivity contribution in [3.63, 3.8) is 0 Å². The molecule has 2 rings (SSSR count). The van der Waals surface area contributed by atoms with Gasteiger partial charge >= 0.3 is 6.18 Å². The fraction of sp³-hybridized carbons (Fsp3) is 0.556. The van der Waals surface area contributed by atoms with Gasteiger partial charge in [0.25, 0.3) is 5.91 Å². The molecular formula is C18H24F3N3O2. The van der Waals surface area contributed by atoms with Gasteiger partial charge < -0.3 is 10.2 Å². The van der Waals surface area contributed by atoms with Crippen LogP contribution in [0.2, 0.25) is 0 Å². The number of alkyl halides is 3. The molecule has 1 aromatic rings. The van der Waals surface area contributed by atoms with Crippen LogP contribution in [0, 0.1) is 0 Å². The molecule has 2 amide bonds. The highest BCUT2D eigenvalue weighted by Gasteiger charge is 2.30. The summed E-state index contributed by atoms with van der Waals surface area (Å²) in [6, 6.07) is 4.38. The first-order chi connectivity index (χ1) is 12.2. The number of nitrogens with one attached hydrogen (secondary N) is 1. The van der Waals surface area contributed by atoms with E-state index >= 15 is 0 Å². The second kappa shape index (κ2) is 8.53. The number of carbonyl (C=O) groups is 2. The molecular weight excluding hydrogens is 347 g/mol. The van der Waals surface area contributed by atoms with E-state index in [-0.39, 0.29) is 30.0 Å². The number of rotatable bonds is 5. The number of amides is 2. The summed E-state index contributed by atoms with van der Waals surface area (Å²) in [4.78, 5) is 27.9. The molecule has 1 aromatic carbocycles. The lowest BCUT2D eigenvalue weighted by Gasteiger charge is -2.34. The van der Waals surface area contributed by atoms with Gasteiger partial charge in [0.1, 0.15) is 0 Å². The molecule has 0 radical (unpaired) electrons. The Kier molecular flexibility index (Phi) is 6.63. The van der Waals surface area contributed by atoms with E-state index in [4.69, 9.17) is 0 Å². The van der Waals surface area contributed by atoms with Gasteiger partial charge in [0, 0.05) is 37.8 Å². The third-order valence-corrected chi connectivity index (χ3v) is 4.51. The van der Waals surface area contributed by atoms with Gasteiger partial charge in [-0.3, -0.25) is 14.5 Å². The molecule has 26 heavy (non-hydrogen) atoms. The Bertz CT molecular complexity index is 624.